The summed E-state index contributed by atoms with van der Waals surface area (Å²) in [6.07, 6.45) is 3.02. The molecule has 3 aromatic rings. The first-order chi connectivity index (χ1) is 13.9. The fraction of sp³-hybridized carbons (Fsp3) is 0.304. The van der Waals surface area contributed by atoms with Crippen molar-refractivity contribution in [2.24, 2.45) is 0 Å². The SMILES string of the molecule is Cc1cc(C)c(NC(=O)CCCSCc2coc(-c3ccc(Cl)cc3)n2)c(C)c1. The summed E-state index contributed by atoms with van der Waals surface area (Å²) in [5.74, 6) is 2.31. The van der Waals surface area contributed by atoms with Crippen molar-refractivity contribution in [3.05, 3.63) is 70.1 Å². The molecule has 0 saturated heterocycles. The van der Waals surface area contributed by atoms with Gasteiger partial charge in [-0.05, 0) is 68.3 Å². The lowest BCUT2D eigenvalue weighted by Gasteiger charge is -2.12. The summed E-state index contributed by atoms with van der Waals surface area (Å²) in [5.41, 5.74) is 6.16. The molecule has 0 aliphatic heterocycles. The number of anilines is 1. The molecule has 1 N–H and O–H groups in total. The van der Waals surface area contributed by atoms with Crippen molar-refractivity contribution in [2.45, 2.75) is 39.4 Å². The van der Waals surface area contributed by atoms with Crippen LogP contribution in [0.25, 0.3) is 11.5 Å². The summed E-state index contributed by atoms with van der Waals surface area (Å²) in [6.45, 7) is 6.12. The highest BCUT2D eigenvalue weighted by Crippen LogP contribution is 2.24. The molecule has 1 amide bonds. The van der Waals surface area contributed by atoms with Gasteiger partial charge in [-0.1, -0.05) is 29.3 Å². The lowest BCUT2D eigenvalue weighted by molar-refractivity contribution is -0.116. The van der Waals surface area contributed by atoms with Gasteiger partial charge in [0.05, 0.1) is 5.69 Å². The standard InChI is InChI=1S/C23H25ClN2O2S/c1-15-11-16(2)22(17(3)12-15)26-21(27)5-4-10-29-14-20-13-28-23(25-20)18-6-8-19(24)9-7-18/h6-9,11-13H,4-5,10,14H2,1-3H3,(H,26,27). The normalized spacial score (nSPS) is 10.9. The number of halogens is 1. The van der Waals surface area contributed by atoms with Crippen LogP contribution in [-0.2, 0) is 10.5 Å². The molecule has 2 aromatic carbocycles. The Bertz CT molecular complexity index is 960. The molecular formula is C23H25ClN2O2S. The van der Waals surface area contributed by atoms with E-state index in [1.165, 1.54) is 5.56 Å². The van der Waals surface area contributed by atoms with Crippen molar-refractivity contribution < 1.29 is 9.21 Å². The number of aromatic nitrogens is 1. The van der Waals surface area contributed by atoms with E-state index in [1.54, 1.807) is 18.0 Å². The van der Waals surface area contributed by atoms with E-state index >= 15 is 0 Å². The highest BCUT2D eigenvalue weighted by molar-refractivity contribution is 7.98. The molecule has 0 saturated carbocycles. The Morgan fingerprint density at radius 1 is 1.14 bits per heavy atom. The van der Waals surface area contributed by atoms with Gasteiger partial charge in [0.25, 0.3) is 0 Å². The van der Waals surface area contributed by atoms with Crippen LogP contribution in [0.1, 0.15) is 35.2 Å². The molecule has 3 rings (SSSR count). The number of nitrogens with one attached hydrogen (secondary N) is 1. The average molecular weight is 429 g/mol. The number of aryl methyl sites for hydroxylation is 3. The molecule has 0 aliphatic carbocycles. The first-order valence-electron chi connectivity index (χ1n) is 9.58. The Labute approximate surface area is 181 Å². The van der Waals surface area contributed by atoms with E-state index in [0.29, 0.717) is 17.3 Å². The second-order valence-corrected chi connectivity index (χ2v) is 8.67. The first-order valence-corrected chi connectivity index (χ1v) is 11.1. The van der Waals surface area contributed by atoms with Gasteiger partial charge < -0.3 is 9.73 Å². The fourth-order valence-electron chi connectivity index (χ4n) is 3.19. The van der Waals surface area contributed by atoms with Crippen LogP contribution in [0.5, 0.6) is 0 Å². The summed E-state index contributed by atoms with van der Waals surface area (Å²) in [7, 11) is 0. The largest absolute Gasteiger partial charge is 0.444 e. The minimum Gasteiger partial charge on any atom is -0.444 e. The molecule has 0 radical (unpaired) electrons. The summed E-state index contributed by atoms with van der Waals surface area (Å²) in [6, 6.07) is 11.6. The third-order valence-electron chi connectivity index (χ3n) is 4.53. The number of rotatable bonds is 8. The lowest BCUT2D eigenvalue weighted by atomic mass is 10.0. The summed E-state index contributed by atoms with van der Waals surface area (Å²) >= 11 is 7.66. The van der Waals surface area contributed by atoms with Crippen LogP contribution in [0.3, 0.4) is 0 Å². The van der Waals surface area contributed by atoms with Crippen molar-refractivity contribution >= 4 is 35.0 Å². The van der Waals surface area contributed by atoms with E-state index in [2.05, 4.69) is 29.4 Å². The van der Waals surface area contributed by atoms with Crippen molar-refractivity contribution in [1.29, 1.82) is 0 Å². The van der Waals surface area contributed by atoms with Crippen LogP contribution in [0.15, 0.2) is 47.1 Å². The molecule has 29 heavy (non-hydrogen) atoms. The van der Waals surface area contributed by atoms with Gasteiger partial charge in [0.15, 0.2) is 0 Å². The molecule has 0 aliphatic rings. The second-order valence-electron chi connectivity index (χ2n) is 7.13. The Kier molecular flexibility index (Phi) is 7.40. The van der Waals surface area contributed by atoms with E-state index in [1.807, 2.05) is 38.1 Å². The lowest BCUT2D eigenvalue weighted by Crippen LogP contribution is -2.13. The molecule has 0 spiro atoms. The number of carbonyl (C=O) groups is 1. The summed E-state index contributed by atoms with van der Waals surface area (Å²) in [4.78, 5) is 16.8. The minimum atomic E-state index is 0.0621. The van der Waals surface area contributed by atoms with Crippen molar-refractivity contribution in [3.8, 4) is 11.5 Å². The zero-order valence-electron chi connectivity index (χ0n) is 16.9. The van der Waals surface area contributed by atoms with Gasteiger partial charge in [-0.15, -0.1) is 0 Å². The summed E-state index contributed by atoms with van der Waals surface area (Å²) < 4.78 is 5.55. The topological polar surface area (TPSA) is 55.1 Å². The van der Waals surface area contributed by atoms with Gasteiger partial charge in [-0.3, -0.25) is 4.79 Å². The van der Waals surface area contributed by atoms with Gasteiger partial charge in [-0.25, -0.2) is 4.98 Å². The predicted molar refractivity (Wildman–Crippen MR) is 122 cm³/mol. The molecule has 0 atom stereocenters. The van der Waals surface area contributed by atoms with Crippen LogP contribution < -0.4 is 5.32 Å². The average Bonchev–Trinajstić information content (AvgIpc) is 3.14. The molecule has 152 valence electrons. The maximum absolute atomic E-state index is 12.3. The van der Waals surface area contributed by atoms with Gasteiger partial charge in [0, 0.05) is 28.4 Å². The van der Waals surface area contributed by atoms with E-state index in [0.717, 1.165) is 46.0 Å². The number of hydrogen-bond acceptors (Lipinski definition) is 4. The van der Waals surface area contributed by atoms with E-state index < -0.39 is 0 Å². The second kappa shape index (κ2) is 9.99. The smallest absolute Gasteiger partial charge is 0.226 e. The monoisotopic (exact) mass is 428 g/mol. The van der Waals surface area contributed by atoms with Crippen LogP contribution >= 0.6 is 23.4 Å². The Balaban J connectivity index is 1.40. The van der Waals surface area contributed by atoms with Gasteiger partial charge in [-0.2, -0.15) is 11.8 Å². The van der Waals surface area contributed by atoms with Crippen LogP contribution in [0, 0.1) is 20.8 Å². The predicted octanol–water partition coefficient (Wildman–Crippen LogP) is 6.57. The number of nitrogens with zero attached hydrogens (tertiary/aromatic N) is 1. The number of hydrogen-bond donors (Lipinski definition) is 1. The first kappa shape index (κ1) is 21.5. The number of thioether (sulfide) groups is 1. The number of benzene rings is 2. The minimum absolute atomic E-state index is 0.0621. The van der Waals surface area contributed by atoms with E-state index in [-0.39, 0.29) is 5.91 Å². The number of carbonyl (C=O) groups excluding carboxylic acids is 1. The Morgan fingerprint density at radius 2 is 1.83 bits per heavy atom. The highest BCUT2D eigenvalue weighted by Gasteiger charge is 2.09. The molecule has 0 bridgehead atoms. The molecule has 1 heterocycles. The molecule has 0 unspecified atom stereocenters. The Morgan fingerprint density at radius 3 is 2.52 bits per heavy atom. The van der Waals surface area contributed by atoms with Crippen molar-refractivity contribution in [2.75, 3.05) is 11.1 Å². The van der Waals surface area contributed by atoms with Crippen LogP contribution in [0.2, 0.25) is 5.02 Å². The third kappa shape index (κ3) is 6.12. The van der Waals surface area contributed by atoms with Crippen LogP contribution in [-0.4, -0.2) is 16.6 Å². The Hall–Kier alpha value is -2.24. The van der Waals surface area contributed by atoms with Crippen molar-refractivity contribution in [3.63, 3.8) is 0 Å². The molecule has 4 nitrogen and oxygen atoms in total. The number of oxazole rings is 1. The van der Waals surface area contributed by atoms with Crippen molar-refractivity contribution in [1.82, 2.24) is 4.98 Å². The maximum atomic E-state index is 12.3. The quantitative estimate of drug-likeness (QED) is 0.412. The highest BCUT2D eigenvalue weighted by atomic mass is 35.5. The maximum Gasteiger partial charge on any atom is 0.226 e. The van der Waals surface area contributed by atoms with Gasteiger partial charge in [0.1, 0.15) is 6.26 Å². The molecule has 6 heteroatoms. The molecule has 1 aromatic heterocycles. The van der Waals surface area contributed by atoms with E-state index in [4.69, 9.17) is 16.0 Å². The molecular weight excluding hydrogens is 404 g/mol. The zero-order valence-corrected chi connectivity index (χ0v) is 18.5. The zero-order chi connectivity index (χ0) is 20.8. The van der Waals surface area contributed by atoms with Crippen LogP contribution in [0.4, 0.5) is 5.69 Å². The third-order valence-corrected chi connectivity index (χ3v) is 5.86. The molecule has 0 fully saturated rings. The van der Waals surface area contributed by atoms with Gasteiger partial charge >= 0.3 is 0 Å². The summed E-state index contributed by atoms with van der Waals surface area (Å²) in [5, 5.41) is 3.74. The fourth-order valence-corrected chi connectivity index (χ4v) is 4.15. The number of amides is 1. The van der Waals surface area contributed by atoms with E-state index in [9.17, 15) is 4.79 Å². The van der Waals surface area contributed by atoms with Gasteiger partial charge in [0.2, 0.25) is 11.8 Å².